The van der Waals surface area contributed by atoms with Crippen molar-refractivity contribution in [3.63, 3.8) is 0 Å². The Morgan fingerprint density at radius 2 is 0.919 bits per heavy atom. The maximum absolute atomic E-state index is 15.7. The highest BCUT2D eigenvalue weighted by molar-refractivity contribution is 7.11. The summed E-state index contributed by atoms with van der Waals surface area (Å²) >= 11 is 1.68. The Bertz CT molecular complexity index is 3580. The predicted octanol–water partition coefficient (Wildman–Crippen LogP) is -1.38. The maximum atomic E-state index is 15.7. The van der Waals surface area contributed by atoms with Crippen LogP contribution < -0.4 is 25.6 Å². The molecule has 1 aliphatic heterocycles. The highest BCUT2D eigenvalue weighted by Gasteiger charge is 2.31. The second kappa shape index (κ2) is 37.7. The molecule has 0 fully saturated rings. The molecule has 99 heavy (non-hydrogen) atoms. The van der Waals surface area contributed by atoms with Crippen molar-refractivity contribution in [3.8, 4) is 5.75 Å². The SMILES string of the molecule is Cc1ccc(Cc2cccc(NC(=O)[C@H](C)NC(=O)[C@H](C)NC(=O)CCc3cc(F)c(N4C(=O)C=CC4=O)cc3OCCCC(=O)N(C)CC(=O)N(C)CC(=O)N(C)CC(=O)N(C)CC(=O)N(C)CC(=O)N(C)CC(=O)N(C)CC(=O)N(C)CC(=O)N(C)CC(=O)N(C)CC(=O)O)c2)s1. The van der Waals surface area contributed by atoms with E-state index in [2.05, 4.69) is 16.0 Å². The number of aryl methyl sites for hydroxylation is 2. The van der Waals surface area contributed by atoms with E-state index >= 15 is 4.39 Å². The Morgan fingerprint density at radius 1 is 0.515 bits per heavy atom. The van der Waals surface area contributed by atoms with Crippen molar-refractivity contribution in [2.24, 2.45) is 0 Å². The average Bonchev–Trinajstić information content (AvgIpc) is 1.76. The fraction of sp³-hybridized carbons (Fsp3) is 0.477. The molecule has 2 heterocycles. The lowest BCUT2D eigenvalue weighted by molar-refractivity contribution is -0.147. The lowest BCUT2D eigenvalue weighted by atomic mass is 10.1. The number of hydrogen-bond donors (Lipinski definition) is 4. The third-order valence-electron chi connectivity index (χ3n) is 15.5. The van der Waals surface area contributed by atoms with E-state index in [0.717, 1.165) is 78.8 Å². The van der Waals surface area contributed by atoms with Gasteiger partial charge < -0.3 is 74.8 Å². The molecular weight excluding hydrogens is 1320 g/mol. The van der Waals surface area contributed by atoms with Gasteiger partial charge >= 0.3 is 5.97 Å². The van der Waals surface area contributed by atoms with Crippen LogP contribution in [-0.4, -0.2) is 303 Å². The van der Waals surface area contributed by atoms with Gasteiger partial charge in [0.15, 0.2) is 0 Å². The molecular formula is C65H87FN14O18S. The number of carboxylic acids is 1. The van der Waals surface area contributed by atoms with Gasteiger partial charge in [-0.3, -0.25) is 76.7 Å². The number of nitrogens with one attached hydrogen (secondary N) is 3. The summed E-state index contributed by atoms with van der Waals surface area (Å²) in [5.41, 5.74) is 1.23. The number of ether oxygens (including phenoxy) is 1. The van der Waals surface area contributed by atoms with Crippen LogP contribution >= 0.6 is 11.3 Å². The summed E-state index contributed by atoms with van der Waals surface area (Å²) in [6, 6.07) is 11.4. The summed E-state index contributed by atoms with van der Waals surface area (Å²) < 4.78 is 21.7. The van der Waals surface area contributed by atoms with Crippen LogP contribution in [-0.2, 0) is 89.6 Å². The van der Waals surface area contributed by atoms with Crippen LogP contribution in [0.5, 0.6) is 5.75 Å². The topological polar surface area (TPSA) is 374 Å². The van der Waals surface area contributed by atoms with Crippen LogP contribution in [0.25, 0.3) is 0 Å². The predicted molar refractivity (Wildman–Crippen MR) is 357 cm³/mol. The minimum atomic E-state index is -1.24. The Morgan fingerprint density at radius 3 is 1.32 bits per heavy atom. The molecule has 3 aromatic rings. The number of hydrogen-bond acceptors (Lipinski definition) is 18. The molecule has 2 atom stereocenters. The molecule has 34 heteroatoms. The minimum absolute atomic E-state index is 0.0298. The molecule has 4 N–H and O–H groups in total. The van der Waals surface area contributed by atoms with Crippen molar-refractivity contribution in [1.29, 1.82) is 0 Å². The Hall–Kier alpha value is -10.7. The Kier molecular flexibility index (Phi) is 30.8. The number of halogens is 1. The van der Waals surface area contributed by atoms with Crippen molar-refractivity contribution in [3.05, 3.63) is 87.4 Å². The molecule has 0 unspecified atom stereocenters. The molecule has 0 saturated heterocycles. The molecule has 15 amide bonds. The number of thiophene rings is 1. The first kappa shape index (κ1) is 80.8. The fourth-order valence-electron chi connectivity index (χ4n) is 9.14. The van der Waals surface area contributed by atoms with Crippen LogP contribution in [0, 0.1) is 12.7 Å². The second-order valence-corrected chi connectivity index (χ2v) is 25.4. The standard InChI is InChI=1S/C65H87FN14O18S/c1-40-19-21-46(99-40)27-43-16-14-17-45(26-43)69-65(97)42(3)68-64(96)41(2)67-50(81)22-20-44-28-47(66)48(80-52(83)23-24-53(80)84)29-49(44)98-25-15-18-51(82)70(4)30-54(85)71(5)31-55(86)72(6)32-56(87)73(7)33-57(88)74(8)34-58(89)75(9)35-59(90)76(10)36-60(91)77(11)37-61(92)78(12)38-62(93)79(13)39-63(94)95/h14,16-17,19,21,23-24,26,28-29,41-42H,15,18,20,22,25,27,30-39H2,1-13H3,(H,67,81)(H,68,96)(H,69,97)(H,94,95)/t41-,42-/m0/s1. The molecule has 4 rings (SSSR count). The fourth-order valence-corrected chi connectivity index (χ4v) is 10.1. The molecule has 2 aromatic carbocycles. The Balaban J connectivity index is 1.19. The zero-order valence-electron chi connectivity index (χ0n) is 57.8. The number of likely N-dealkylation sites (N-methyl/N-ethyl adjacent to an activating group) is 10. The van der Waals surface area contributed by atoms with Gasteiger partial charge in [0, 0.05) is 123 Å². The normalized spacial score (nSPS) is 12.1. The van der Waals surface area contributed by atoms with Crippen molar-refractivity contribution in [1.82, 2.24) is 59.6 Å². The number of carbonyl (C=O) groups excluding carboxylic acids is 15. The summed E-state index contributed by atoms with van der Waals surface area (Å²) in [5.74, 6) is -12.2. The van der Waals surface area contributed by atoms with Crippen LogP contribution in [0.4, 0.5) is 15.8 Å². The van der Waals surface area contributed by atoms with Crippen molar-refractivity contribution >= 4 is 117 Å². The first-order chi connectivity index (χ1) is 46.3. The third-order valence-corrected chi connectivity index (χ3v) is 16.5. The Labute approximate surface area is 576 Å². The molecule has 538 valence electrons. The van der Waals surface area contributed by atoms with E-state index in [1.165, 1.54) is 94.1 Å². The van der Waals surface area contributed by atoms with Crippen LogP contribution in [0.15, 0.2) is 60.7 Å². The monoisotopic (exact) mass is 1400 g/mol. The molecule has 0 radical (unpaired) electrons. The van der Waals surface area contributed by atoms with E-state index in [-0.39, 0.29) is 43.6 Å². The maximum Gasteiger partial charge on any atom is 0.323 e. The molecule has 1 aromatic heterocycles. The van der Waals surface area contributed by atoms with Gasteiger partial charge in [-0.2, -0.15) is 0 Å². The van der Waals surface area contributed by atoms with Gasteiger partial charge in [0.05, 0.1) is 71.2 Å². The van der Waals surface area contributed by atoms with E-state index in [4.69, 9.17) is 9.84 Å². The molecule has 0 spiro atoms. The highest BCUT2D eigenvalue weighted by Crippen LogP contribution is 2.32. The lowest BCUT2D eigenvalue weighted by Gasteiger charge is -2.27. The summed E-state index contributed by atoms with van der Waals surface area (Å²) in [6.45, 7) is -0.274. The number of benzene rings is 2. The first-order valence-electron chi connectivity index (χ1n) is 31.0. The number of carboxylic acid groups (broad SMARTS) is 1. The smallest absolute Gasteiger partial charge is 0.323 e. The van der Waals surface area contributed by atoms with Gasteiger partial charge in [-0.05, 0) is 75.1 Å². The van der Waals surface area contributed by atoms with Gasteiger partial charge in [-0.15, -0.1) is 11.3 Å². The second-order valence-electron chi connectivity index (χ2n) is 24.0. The molecule has 0 saturated carbocycles. The van der Waals surface area contributed by atoms with Gasteiger partial charge in [0.1, 0.15) is 30.2 Å². The van der Waals surface area contributed by atoms with Crippen molar-refractivity contribution in [2.45, 2.75) is 65.0 Å². The first-order valence-corrected chi connectivity index (χ1v) is 31.8. The number of aliphatic carboxylic acids is 1. The number of carbonyl (C=O) groups is 16. The number of imide groups is 1. The molecule has 32 nitrogen and oxygen atoms in total. The van der Waals surface area contributed by atoms with Gasteiger partial charge in [0.2, 0.25) is 76.8 Å². The van der Waals surface area contributed by atoms with Gasteiger partial charge in [0.25, 0.3) is 11.8 Å². The van der Waals surface area contributed by atoms with E-state index in [9.17, 15) is 76.7 Å². The van der Waals surface area contributed by atoms with Crippen LogP contribution in [0.2, 0.25) is 0 Å². The lowest BCUT2D eigenvalue weighted by Crippen LogP contribution is -2.50. The van der Waals surface area contributed by atoms with Crippen molar-refractivity contribution < 1.29 is 90.9 Å². The van der Waals surface area contributed by atoms with Gasteiger partial charge in [-0.25, -0.2) is 9.29 Å². The van der Waals surface area contributed by atoms with E-state index in [0.29, 0.717) is 17.0 Å². The van der Waals surface area contributed by atoms with Crippen molar-refractivity contribution in [2.75, 3.05) is 153 Å². The third kappa shape index (κ3) is 25.7. The quantitative estimate of drug-likeness (QED) is 0.0385. The average molecular weight is 1400 g/mol. The number of nitrogens with zero attached hydrogens (tertiary/aromatic N) is 11. The minimum Gasteiger partial charge on any atom is -0.493 e. The highest BCUT2D eigenvalue weighted by atomic mass is 32.1. The number of rotatable bonds is 36. The van der Waals surface area contributed by atoms with E-state index < -0.39 is 184 Å². The molecule has 0 bridgehead atoms. The largest absolute Gasteiger partial charge is 0.493 e. The van der Waals surface area contributed by atoms with Crippen LogP contribution in [0.3, 0.4) is 0 Å². The van der Waals surface area contributed by atoms with Crippen LogP contribution in [0.1, 0.15) is 54.0 Å². The summed E-state index contributed by atoms with van der Waals surface area (Å²) in [7, 11) is 13.0. The number of anilines is 2. The van der Waals surface area contributed by atoms with E-state index in [1.54, 1.807) is 17.4 Å². The molecule has 0 aliphatic carbocycles. The summed E-state index contributed by atoms with van der Waals surface area (Å²) in [6.07, 6.45) is 2.00. The van der Waals surface area contributed by atoms with E-state index in [1.807, 2.05) is 37.3 Å². The molecule has 1 aliphatic rings. The zero-order valence-corrected chi connectivity index (χ0v) is 58.7. The summed E-state index contributed by atoms with van der Waals surface area (Å²) in [4.78, 5) is 218. The summed E-state index contributed by atoms with van der Waals surface area (Å²) in [5, 5.41) is 16.8. The zero-order chi connectivity index (χ0) is 74.3. The number of amides is 15. The van der Waals surface area contributed by atoms with Gasteiger partial charge in [-0.1, -0.05) is 12.1 Å².